The number of ether oxygens (including phenoxy) is 1. The van der Waals surface area contributed by atoms with Crippen LogP contribution in [0, 0.1) is 0 Å². The van der Waals surface area contributed by atoms with Crippen molar-refractivity contribution in [3.8, 4) is 0 Å². The minimum absolute atomic E-state index is 0.167. The molecule has 0 aromatic heterocycles. The number of nitrogens with zero attached hydrogens (tertiary/aromatic N) is 1. The Bertz CT molecular complexity index is 401. The number of Topliss-reactive ketones (excluding diaryl/α,β-unsaturated/α-hetero) is 1. The van der Waals surface area contributed by atoms with Gasteiger partial charge >= 0.3 is 0 Å². The van der Waals surface area contributed by atoms with Crippen molar-refractivity contribution < 1.29 is 9.53 Å². The number of hydrogen-bond donors (Lipinski definition) is 0. The van der Waals surface area contributed by atoms with Crippen LogP contribution in [-0.2, 0) is 4.74 Å². The second kappa shape index (κ2) is 9.27. The fraction of sp³-hybridized carbons (Fsp3) is 0.562. The summed E-state index contributed by atoms with van der Waals surface area (Å²) in [7, 11) is 1.70. The molecule has 0 saturated carbocycles. The predicted molar refractivity (Wildman–Crippen MR) is 86.3 cm³/mol. The van der Waals surface area contributed by atoms with Crippen LogP contribution in [0.4, 0.5) is 0 Å². The molecule has 0 spiro atoms. The van der Waals surface area contributed by atoms with E-state index in [1.807, 2.05) is 24.3 Å². The van der Waals surface area contributed by atoms with Gasteiger partial charge in [0, 0.05) is 29.7 Å². The molecule has 0 aliphatic heterocycles. The lowest BCUT2D eigenvalue weighted by Gasteiger charge is -2.29. The van der Waals surface area contributed by atoms with Gasteiger partial charge in [0.25, 0.3) is 0 Å². The first kappa shape index (κ1) is 17.3. The number of benzene rings is 1. The molecule has 20 heavy (non-hydrogen) atoms. The minimum atomic E-state index is 0.167. The maximum Gasteiger partial charge on any atom is 0.176 e. The Kier molecular flexibility index (Phi) is 8.04. The first-order valence-electron chi connectivity index (χ1n) is 7.14. The van der Waals surface area contributed by atoms with E-state index < -0.39 is 0 Å². The van der Waals surface area contributed by atoms with Gasteiger partial charge in [0.05, 0.1) is 13.2 Å². The normalized spacial score (nSPS) is 11.3. The van der Waals surface area contributed by atoms with Crippen molar-refractivity contribution >= 4 is 21.7 Å². The molecule has 1 aromatic carbocycles. The summed E-state index contributed by atoms with van der Waals surface area (Å²) in [5.41, 5.74) is 0.765. The van der Waals surface area contributed by atoms with Crippen molar-refractivity contribution in [1.82, 2.24) is 4.90 Å². The molecule has 0 unspecified atom stereocenters. The third kappa shape index (κ3) is 5.35. The van der Waals surface area contributed by atoms with Crippen LogP contribution >= 0.6 is 15.9 Å². The van der Waals surface area contributed by atoms with E-state index in [-0.39, 0.29) is 5.78 Å². The minimum Gasteiger partial charge on any atom is -0.383 e. The van der Waals surface area contributed by atoms with E-state index in [4.69, 9.17) is 4.74 Å². The van der Waals surface area contributed by atoms with Crippen molar-refractivity contribution in [2.24, 2.45) is 0 Å². The summed E-state index contributed by atoms with van der Waals surface area (Å²) in [6, 6.07) is 7.99. The highest BCUT2D eigenvalue weighted by Crippen LogP contribution is 2.13. The number of halogens is 1. The molecular weight excluding hydrogens is 318 g/mol. The van der Waals surface area contributed by atoms with E-state index in [2.05, 4.69) is 34.7 Å². The molecule has 0 atom stereocenters. The molecule has 3 nitrogen and oxygen atoms in total. The topological polar surface area (TPSA) is 29.5 Å². The Morgan fingerprint density at radius 3 is 2.35 bits per heavy atom. The molecule has 112 valence electrons. The quantitative estimate of drug-likeness (QED) is 0.640. The van der Waals surface area contributed by atoms with Gasteiger partial charge in [0.15, 0.2) is 5.78 Å². The summed E-state index contributed by atoms with van der Waals surface area (Å²) in [5.74, 6) is 0.167. The molecule has 1 rings (SSSR count). The highest BCUT2D eigenvalue weighted by Gasteiger charge is 2.18. The van der Waals surface area contributed by atoms with Gasteiger partial charge in [0.2, 0.25) is 0 Å². The highest BCUT2D eigenvalue weighted by atomic mass is 79.9. The fourth-order valence-corrected chi connectivity index (χ4v) is 2.58. The van der Waals surface area contributed by atoms with Gasteiger partial charge in [-0.3, -0.25) is 9.69 Å². The summed E-state index contributed by atoms with van der Waals surface area (Å²) < 4.78 is 6.15. The first-order chi connectivity index (χ1) is 9.62. The molecule has 4 heteroatoms. The van der Waals surface area contributed by atoms with Gasteiger partial charge in [-0.1, -0.05) is 41.9 Å². The van der Waals surface area contributed by atoms with Gasteiger partial charge in [-0.15, -0.1) is 0 Å². The molecule has 0 bridgehead atoms. The van der Waals surface area contributed by atoms with Crippen molar-refractivity contribution in [3.05, 3.63) is 34.3 Å². The maximum absolute atomic E-state index is 12.4. The SMILES string of the molecule is CCC(CC)N(CCOC)CC(=O)c1ccc(Br)cc1. The van der Waals surface area contributed by atoms with E-state index in [0.29, 0.717) is 19.2 Å². The number of ketones is 1. The van der Waals surface area contributed by atoms with Gasteiger partial charge in [-0.05, 0) is 25.0 Å². The number of methoxy groups -OCH3 is 1. The van der Waals surface area contributed by atoms with Crippen LogP contribution in [0.2, 0.25) is 0 Å². The summed E-state index contributed by atoms with van der Waals surface area (Å²) in [6.45, 7) is 6.24. The van der Waals surface area contributed by atoms with Crippen molar-refractivity contribution in [3.63, 3.8) is 0 Å². The van der Waals surface area contributed by atoms with Gasteiger partial charge < -0.3 is 4.74 Å². The van der Waals surface area contributed by atoms with Crippen molar-refractivity contribution in [2.45, 2.75) is 32.7 Å². The third-order valence-corrected chi connectivity index (χ3v) is 4.08. The zero-order valence-corrected chi connectivity index (χ0v) is 14.1. The van der Waals surface area contributed by atoms with Crippen LogP contribution in [0.15, 0.2) is 28.7 Å². The standard InChI is InChI=1S/C16H24BrNO2/c1-4-15(5-2)18(10-11-20-3)12-16(19)13-6-8-14(17)9-7-13/h6-9,15H,4-5,10-12H2,1-3H3. The second-order valence-electron chi connectivity index (χ2n) is 4.86. The van der Waals surface area contributed by atoms with Crippen LogP contribution in [0.1, 0.15) is 37.0 Å². The van der Waals surface area contributed by atoms with Gasteiger partial charge in [-0.2, -0.15) is 0 Å². The van der Waals surface area contributed by atoms with Crippen LogP contribution in [0.5, 0.6) is 0 Å². The summed E-state index contributed by atoms with van der Waals surface area (Å²) >= 11 is 3.39. The molecule has 1 aromatic rings. The molecule has 0 radical (unpaired) electrons. The molecule has 0 saturated heterocycles. The fourth-order valence-electron chi connectivity index (χ4n) is 2.32. The molecule has 0 N–H and O–H groups in total. The summed E-state index contributed by atoms with van der Waals surface area (Å²) in [4.78, 5) is 14.6. The van der Waals surface area contributed by atoms with E-state index >= 15 is 0 Å². The zero-order valence-electron chi connectivity index (χ0n) is 12.6. The molecule has 0 aliphatic carbocycles. The monoisotopic (exact) mass is 341 g/mol. The van der Waals surface area contributed by atoms with Crippen molar-refractivity contribution in [2.75, 3.05) is 26.8 Å². The zero-order chi connectivity index (χ0) is 15.0. The summed E-state index contributed by atoms with van der Waals surface area (Å²) in [6.07, 6.45) is 2.10. The van der Waals surface area contributed by atoms with Crippen molar-refractivity contribution in [1.29, 1.82) is 0 Å². The predicted octanol–water partition coefficient (Wildman–Crippen LogP) is 3.77. The Morgan fingerprint density at radius 1 is 1.25 bits per heavy atom. The maximum atomic E-state index is 12.4. The number of carbonyl (C=O) groups is 1. The Balaban J connectivity index is 2.72. The lowest BCUT2D eigenvalue weighted by atomic mass is 10.1. The van der Waals surface area contributed by atoms with Crippen LogP contribution in [0.3, 0.4) is 0 Å². The summed E-state index contributed by atoms with van der Waals surface area (Å²) in [5, 5.41) is 0. The van der Waals surface area contributed by atoms with E-state index in [9.17, 15) is 4.79 Å². The Morgan fingerprint density at radius 2 is 1.85 bits per heavy atom. The van der Waals surface area contributed by atoms with Gasteiger partial charge in [0.1, 0.15) is 0 Å². The smallest absolute Gasteiger partial charge is 0.176 e. The Labute approximate surface area is 130 Å². The van der Waals surface area contributed by atoms with Crippen LogP contribution < -0.4 is 0 Å². The molecule has 0 aliphatic rings. The average molecular weight is 342 g/mol. The number of hydrogen-bond acceptors (Lipinski definition) is 3. The van der Waals surface area contributed by atoms with Crippen LogP contribution in [-0.4, -0.2) is 43.5 Å². The van der Waals surface area contributed by atoms with E-state index in [1.165, 1.54) is 0 Å². The molecule has 0 heterocycles. The lowest BCUT2D eigenvalue weighted by molar-refractivity contribution is 0.0811. The second-order valence-corrected chi connectivity index (χ2v) is 5.78. The molecular formula is C16H24BrNO2. The van der Waals surface area contributed by atoms with Gasteiger partial charge in [-0.25, -0.2) is 0 Å². The lowest BCUT2D eigenvalue weighted by Crippen LogP contribution is -2.40. The number of rotatable bonds is 9. The largest absolute Gasteiger partial charge is 0.383 e. The first-order valence-corrected chi connectivity index (χ1v) is 7.93. The molecule has 0 fully saturated rings. The van der Waals surface area contributed by atoms with E-state index in [1.54, 1.807) is 7.11 Å². The molecule has 0 amide bonds. The number of carbonyl (C=O) groups excluding carboxylic acids is 1. The average Bonchev–Trinajstić information content (AvgIpc) is 2.46. The van der Waals surface area contributed by atoms with E-state index in [0.717, 1.165) is 29.4 Å². The third-order valence-electron chi connectivity index (χ3n) is 3.55. The highest BCUT2D eigenvalue weighted by molar-refractivity contribution is 9.10. The Hall–Kier alpha value is -0.710. The van der Waals surface area contributed by atoms with Crippen LogP contribution in [0.25, 0.3) is 0 Å².